The maximum Gasteiger partial charge on any atom is 0.227 e. The van der Waals surface area contributed by atoms with Crippen molar-refractivity contribution in [1.29, 1.82) is 0 Å². The molecule has 1 aliphatic heterocycles. The van der Waals surface area contributed by atoms with Crippen LogP contribution in [0.1, 0.15) is 36.8 Å². The molecule has 0 aromatic carbocycles. The third-order valence-corrected chi connectivity index (χ3v) is 5.44. The Morgan fingerprint density at radius 2 is 2.24 bits per heavy atom. The van der Waals surface area contributed by atoms with Crippen LogP contribution in [0, 0.1) is 0 Å². The molecule has 3 aromatic heterocycles. The van der Waals surface area contributed by atoms with Crippen molar-refractivity contribution in [2.24, 2.45) is 0 Å². The monoisotopic (exact) mass is 357 g/mol. The number of carbonyl (C=O) groups excluding carboxylic acids is 1. The van der Waals surface area contributed by atoms with Gasteiger partial charge in [0.15, 0.2) is 0 Å². The van der Waals surface area contributed by atoms with Crippen LogP contribution in [-0.4, -0.2) is 44.2 Å². The van der Waals surface area contributed by atoms with E-state index in [4.69, 9.17) is 4.52 Å². The smallest absolute Gasteiger partial charge is 0.227 e. The summed E-state index contributed by atoms with van der Waals surface area (Å²) in [6.07, 6.45) is 4.61. The quantitative estimate of drug-likeness (QED) is 0.758. The van der Waals surface area contributed by atoms with E-state index in [1.165, 1.54) is 5.69 Å². The van der Waals surface area contributed by atoms with Crippen molar-refractivity contribution in [3.05, 3.63) is 41.4 Å². The molecular formula is C17H19N5O2S. The Hall–Kier alpha value is -2.48. The molecule has 4 heterocycles. The van der Waals surface area contributed by atoms with Gasteiger partial charge in [-0.15, -0.1) is 11.3 Å². The van der Waals surface area contributed by atoms with E-state index < -0.39 is 0 Å². The summed E-state index contributed by atoms with van der Waals surface area (Å²) in [5.41, 5.74) is 1.17. The van der Waals surface area contributed by atoms with Crippen LogP contribution < -0.4 is 0 Å². The number of amides is 1. The SMILES string of the molecule is O=C(CCc1nc(-c2cccs2)no1)N1CCC(c2ccn[nH]2)CC1. The van der Waals surface area contributed by atoms with E-state index in [1.807, 2.05) is 28.5 Å². The van der Waals surface area contributed by atoms with Crippen LogP contribution in [-0.2, 0) is 11.2 Å². The van der Waals surface area contributed by atoms with E-state index in [2.05, 4.69) is 20.3 Å². The average Bonchev–Trinajstić information content (AvgIpc) is 3.42. The van der Waals surface area contributed by atoms with Crippen molar-refractivity contribution in [3.63, 3.8) is 0 Å². The first-order valence-electron chi connectivity index (χ1n) is 8.43. The van der Waals surface area contributed by atoms with E-state index in [-0.39, 0.29) is 5.91 Å². The van der Waals surface area contributed by atoms with Gasteiger partial charge in [0.05, 0.1) is 4.88 Å². The number of nitrogens with one attached hydrogen (secondary N) is 1. The van der Waals surface area contributed by atoms with Crippen molar-refractivity contribution >= 4 is 17.2 Å². The molecule has 1 aliphatic rings. The Balaban J connectivity index is 1.27. The molecule has 7 nitrogen and oxygen atoms in total. The Morgan fingerprint density at radius 1 is 1.36 bits per heavy atom. The van der Waals surface area contributed by atoms with E-state index in [9.17, 15) is 4.79 Å². The number of hydrogen-bond acceptors (Lipinski definition) is 6. The highest BCUT2D eigenvalue weighted by Crippen LogP contribution is 2.27. The molecule has 0 aliphatic carbocycles. The topological polar surface area (TPSA) is 87.9 Å². The van der Waals surface area contributed by atoms with E-state index >= 15 is 0 Å². The van der Waals surface area contributed by atoms with Gasteiger partial charge in [-0.3, -0.25) is 9.89 Å². The summed E-state index contributed by atoms with van der Waals surface area (Å²) in [7, 11) is 0. The second-order valence-electron chi connectivity index (χ2n) is 6.16. The van der Waals surface area contributed by atoms with Gasteiger partial charge >= 0.3 is 0 Å². The number of thiophene rings is 1. The van der Waals surface area contributed by atoms with E-state index in [0.29, 0.717) is 30.5 Å². The molecule has 0 spiro atoms. The molecule has 0 unspecified atom stereocenters. The fourth-order valence-electron chi connectivity index (χ4n) is 3.17. The fourth-order valence-corrected chi connectivity index (χ4v) is 3.82. The molecule has 0 bridgehead atoms. The van der Waals surface area contributed by atoms with Gasteiger partial charge in [0.2, 0.25) is 17.6 Å². The van der Waals surface area contributed by atoms with Crippen molar-refractivity contribution in [3.8, 4) is 10.7 Å². The number of carbonyl (C=O) groups is 1. The zero-order chi connectivity index (χ0) is 17.1. The molecule has 0 atom stereocenters. The molecule has 1 N–H and O–H groups in total. The van der Waals surface area contributed by atoms with Gasteiger partial charge < -0.3 is 9.42 Å². The summed E-state index contributed by atoms with van der Waals surface area (Å²) in [6, 6.07) is 5.92. The van der Waals surface area contributed by atoms with Gasteiger partial charge in [-0.05, 0) is 30.4 Å². The highest BCUT2D eigenvalue weighted by molar-refractivity contribution is 7.13. The zero-order valence-electron chi connectivity index (χ0n) is 13.7. The van der Waals surface area contributed by atoms with Gasteiger partial charge in [0.25, 0.3) is 0 Å². The maximum atomic E-state index is 12.4. The predicted octanol–water partition coefficient (Wildman–Crippen LogP) is 2.86. The predicted molar refractivity (Wildman–Crippen MR) is 93.1 cm³/mol. The number of piperidine rings is 1. The molecule has 8 heteroatoms. The van der Waals surface area contributed by atoms with Gasteiger partial charge in [0.1, 0.15) is 0 Å². The minimum atomic E-state index is 0.152. The maximum absolute atomic E-state index is 12.4. The Morgan fingerprint density at radius 3 is 2.96 bits per heavy atom. The van der Waals surface area contributed by atoms with Gasteiger partial charge in [0, 0.05) is 43.7 Å². The molecule has 0 saturated carbocycles. The third-order valence-electron chi connectivity index (χ3n) is 4.57. The molecular weight excluding hydrogens is 338 g/mol. The van der Waals surface area contributed by atoms with Crippen LogP contribution in [0.2, 0.25) is 0 Å². The first-order chi connectivity index (χ1) is 12.3. The van der Waals surface area contributed by atoms with Crippen molar-refractivity contribution < 1.29 is 9.32 Å². The number of aromatic nitrogens is 4. The highest BCUT2D eigenvalue weighted by atomic mass is 32.1. The summed E-state index contributed by atoms with van der Waals surface area (Å²) in [4.78, 5) is 19.7. The lowest BCUT2D eigenvalue weighted by Crippen LogP contribution is -2.38. The summed E-state index contributed by atoms with van der Waals surface area (Å²) >= 11 is 1.57. The van der Waals surface area contributed by atoms with Crippen LogP contribution in [0.4, 0.5) is 0 Å². The van der Waals surface area contributed by atoms with Crippen LogP contribution in [0.3, 0.4) is 0 Å². The first-order valence-corrected chi connectivity index (χ1v) is 9.31. The number of aromatic amines is 1. The Kier molecular flexibility index (Phi) is 4.60. The number of aryl methyl sites for hydroxylation is 1. The van der Waals surface area contributed by atoms with Crippen LogP contribution >= 0.6 is 11.3 Å². The lowest BCUT2D eigenvalue weighted by atomic mass is 9.93. The Labute approximate surface area is 149 Å². The molecule has 1 saturated heterocycles. The second-order valence-corrected chi connectivity index (χ2v) is 7.10. The van der Waals surface area contributed by atoms with Crippen molar-refractivity contribution in [2.45, 2.75) is 31.6 Å². The first kappa shape index (κ1) is 16.0. The second kappa shape index (κ2) is 7.18. The largest absolute Gasteiger partial charge is 0.343 e. The minimum absolute atomic E-state index is 0.152. The Bertz CT molecular complexity index is 804. The van der Waals surface area contributed by atoms with Crippen molar-refractivity contribution in [1.82, 2.24) is 25.2 Å². The fraction of sp³-hybridized carbons (Fsp3) is 0.412. The lowest BCUT2D eigenvalue weighted by Gasteiger charge is -2.31. The van der Waals surface area contributed by atoms with E-state index in [1.54, 1.807) is 17.5 Å². The molecule has 130 valence electrons. The average molecular weight is 357 g/mol. The minimum Gasteiger partial charge on any atom is -0.343 e. The molecule has 25 heavy (non-hydrogen) atoms. The van der Waals surface area contributed by atoms with E-state index in [0.717, 1.165) is 30.8 Å². The normalized spacial score (nSPS) is 15.6. The van der Waals surface area contributed by atoms with Crippen LogP contribution in [0.15, 0.2) is 34.3 Å². The summed E-state index contributed by atoms with van der Waals surface area (Å²) in [5.74, 6) is 1.73. The zero-order valence-corrected chi connectivity index (χ0v) is 14.5. The number of likely N-dealkylation sites (tertiary alicyclic amines) is 1. The molecule has 3 aromatic rings. The van der Waals surface area contributed by atoms with Crippen LogP contribution in [0.25, 0.3) is 10.7 Å². The standard InChI is InChI=1S/C17H19N5O2S/c23-16(22-9-6-12(7-10-22)13-5-8-18-20-13)4-3-15-19-17(21-24-15)14-2-1-11-25-14/h1-2,5,8,11-12H,3-4,6-7,9-10H2,(H,18,20). The molecule has 0 radical (unpaired) electrons. The number of rotatable bonds is 5. The highest BCUT2D eigenvalue weighted by Gasteiger charge is 2.24. The summed E-state index contributed by atoms with van der Waals surface area (Å²) in [5, 5.41) is 13.0. The lowest BCUT2D eigenvalue weighted by molar-refractivity contribution is -0.132. The van der Waals surface area contributed by atoms with Gasteiger partial charge in [-0.2, -0.15) is 10.1 Å². The number of nitrogens with zero attached hydrogens (tertiary/aromatic N) is 4. The van der Waals surface area contributed by atoms with Gasteiger partial charge in [-0.25, -0.2) is 0 Å². The molecule has 1 fully saturated rings. The van der Waals surface area contributed by atoms with Crippen LogP contribution in [0.5, 0.6) is 0 Å². The molecule has 1 amide bonds. The number of H-pyrrole nitrogens is 1. The number of hydrogen-bond donors (Lipinski definition) is 1. The van der Waals surface area contributed by atoms with Crippen molar-refractivity contribution in [2.75, 3.05) is 13.1 Å². The summed E-state index contributed by atoms with van der Waals surface area (Å²) < 4.78 is 5.26. The molecule has 4 rings (SSSR count). The summed E-state index contributed by atoms with van der Waals surface area (Å²) in [6.45, 7) is 1.57. The third kappa shape index (κ3) is 3.63. The van der Waals surface area contributed by atoms with Gasteiger partial charge in [-0.1, -0.05) is 11.2 Å².